The first kappa shape index (κ1) is 24.0. The maximum absolute atomic E-state index is 13.6. The van der Waals surface area contributed by atoms with Gasteiger partial charge in [-0.3, -0.25) is 4.79 Å². The van der Waals surface area contributed by atoms with Crippen LogP contribution in [0, 0.1) is 13.8 Å². The van der Waals surface area contributed by atoms with Crippen LogP contribution in [0.3, 0.4) is 0 Å². The van der Waals surface area contributed by atoms with E-state index in [1.54, 1.807) is 32.0 Å². The quantitative estimate of drug-likeness (QED) is 0.509. The highest BCUT2D eigenvalue weighted by Gasteiger charge is 2.34. The number of benzene rings is 2. The molecule has 0 atom stereocenters. The van der Waals surface area contributed by atoms with Gasteiger partial charge in [-0.25, -0.2) is 8.42 Å². The average molecular weight is 484 g/mol. The molecule has 180 valence electrons. The number of nitrogens with zero attached hydrogens (tertiary/aromatic N) is 3. The van der Waals surface area contributed by atoms with E-state index in [9.17, 15) is 13.2 Å². The Morgan fingerprint density at radius 2 is 1.68 bits per heavy atom. The predicted molar refractivity (Wildman–Crippen MR) is 128 cm³/mol. The highest BCUT2D eigenvalue weighted by atomic mass is 32.2. The third-order valence-electron chi connectivity index (χ3n) is 5.90. The largest absolute Gasteiger partial charge is 0.490 e. The summed E-state index contributed by atoms with van der Waals surface area (Å²) in [5.74, 6) is 0.564. The molecule has 0 spiro atoms. The maximum Gasteiger partial charge on any atom is 0.278 e. The summed E-state index contributed by atoms with van der Waals surface area (Å²) in [5.41, 5.74) is 3.06. The van der Waals surface area contributed by atoms with Crippen LogP contribution in [0.15, 0.2) is 47.4 Å². The minimum Gasteiger partial charge on any atom is -0.490 e. The van der Waals surface area contributed by atoms with Crippen LogP contribution in [-0.4, -0.2) is 48.2 Å². The van der Waals surface area contributed by atoms with E-state index >= 15 is 0 Å². The van der Waals surface area contributed by atoms with Gasteiger partial charge in [-0.2, -0.15) is 14.1 Å². The molecule has 0 aliphatic carbocycles. The van der Waals surface area contributed by atoms with E-state index in [-0.39, 0.29) is 10.6 Å². The Bertz CT molecular complexity index is 1330. The highest BCUT2D eigenvalue weighted by molar-refractivity contribution is 7.89. The molecule has 34 heavy (non-hydrogen) atoms. The molecule has 1 aliphatic heterocycles. The van der Waals surface area contributed by atoms with Gasteiger partial charge in [0.15, 0.2) is 11.5 Å². The van der Waals surface area contributed by atoms with Gasteiger partial charge in [0.25, 0.3) is 5.91 Å². The van der Waals surface area contributed by atoms with Crippen molar-refractivity contribution in [2.45, 2.75) is 45.6 Å². The molecule has 0 unspecified atom stereocenters. The van der Waals surface area contributed by atoms with Gasteiger partial charge < -0.3 is 9.47 Å². The highest BCUT2D eigenvalue weighted by Crippen LogP contribution is 2.31. The summed E-state index contributed by atoms with van der Waals surface area (Å²) in [4.78, 5) is 13.4. The second-order valence-corrected chi connectivity index (χ2v) is 9.98. The number of ether oxygens (including phenoxy) is 2. The fourth-order valence-electron chi connectivity index (χ4n) is 4.31. The third kappa shape index (κ3) is 4.33. The van der Waals surface area contributed by atoms with Crippen molar-refractivity contribution in [1.82, 2.24) is 14.1 Å². The molecule has 0 amide bonds. The van der Waals surface area contributed by atoms with E-state index in [2.05, 4.69) is 5.10 Å². The number of hydrogen-bond acceptors (Lipinski definition) is 6. The van der Waals surface area contributed by atoms with E-state index in [1.807, 2.05) is 38.1 Å². The number of rotatable bonds is 7. The lowest BCUT2D eigenvalue weighted by Gasteiger charge is -2.28. The van der Waals surface area contributed by atoms with Gasteiger partial charge >= 0.3 is 0 Å². The molecule has 1 aromatic heterocycles. The summed E-state index contributed by atoms with van der Waals surface area (Å²) in [7, 11) is -3.84. The molecule has 0 bridgehead atoms. The predicted octanol–water partition coefficient (Wildman–Crippen LogP) is 3.73. The third-order valence-corrected chi connectivity index (χ3v) is 8.00. The fraction of sp³-hybridized carbons (Fsp3) is 0.360. The number of aromatic nitrogens is 2. The van der Waals surface area contributed by atoms with Crippen molar-refractivity contribution in [2.24, 2.45) is 0 Å². The van der Waals surface area contributed by atoms with E-state index in [1.165, 1.54) is 4.31 Å². The van der Waals surface area contributed by atoms with Crippen molar-refractivity contribution < 1.29 is 22.7 Å². The van der Waals surface area contributed by atoms with Crippen molar-refractivity contribution in [3.63, 3.8) is 0 Å². The maximum atomic E-state index is 13.6. The topological polar surface area (TPSA) is 90.7 Å². The number of aryl methyl sites for hydroxylation is 1. The van der Waals surface area contributed by atoms with Crippen molar-refractivity contribution in [3.05, 3.63) is 70.5 Å². The van der Waals surface area contributed by atoms with Crippen LogP contribution in [0.25, 0.3) is 0 Å². The smallest absolute Gasteiger partial charge is 0.278 e. The first-order valence-corrected chi connectivity index (χ1v) is 12.8. The molecule has 0 saturated heterocycles. The lowest BCUT2D eigenvalue weighted by molar-refractivity contribution is 0.0941. The lowest BCUT2D eigenvalue weighted by Crippen LogP contribution is -2.36. The molecule has 9 heteroatoms. The van der Waals surface area contributed by atoms with Gasteiger partial charge in [0.05, 0.1) is 24.6 Å². The summed E-state index contributed by atoms with van der Waals surface area (Å²) in [6.07, 6.45) is 0.646. The van der Waals surface area contributed by atoms with E-state index in [0.29, 0.717) is 55.5 Å². The molecule has 8 nitrogen and oxygen atoms in total. The average Bonchev–Trinajstić information content (AvgIpc) is 3.14. The van der Waals surface area contributed by atoms with Gasteiger partial charge in [-0.05, 0) is 63.4 Å². The number of fused-ring (bicyclic) bond motifs is 1. The Labute approximate surface area is 200 Å². The van der Waals surface area contributed by atoms with Gasteiger partial charge in [-0.15, -0.1) is 0 Å². The van der Waals surface area contributed by atoms with Crippen LogP contribution in [0.1, 0.15) is 46.7 Å². The van der Waals surface area contributed by atoms with Crippen LogP contribution in [-0.2, 0) is 23.0 Å². The molecule has 0 N–H and O–H groups in total. The molecule has 0 fully saturated rings. The number of carbonyl (C=O) groups is 1. The molecule has 0 radical (unpaired) electrons. The summed E-state index contributed by atoms with van der Waals surface area (Å²) in [6, 6.07) is 12.8. The molecule has 3 aromatic rings. The second-order valence-electron chi connectivity index (χ2n) is 8.10. The Hall–Kier alpha value is -3.17. The van der Waals surface area contributed by atoms with Crippen LogP contribution < -0.4 is 9.47 Å². The summed E-state index contributed by atoms with van der Waals surface area (Å²) >= 11 is 0. The molecular formula is C25H29N3O5S. The number of hydrogen-bond donors (Lipinski definition) is 0. The van der Waals surface area contributed by atoms with Crippen LogP contribution in [0.4, 0.5) is 0 Å². The fourth-order valence-corrected chi connectivity index (χ4v) is 6.08. The van der Waals surface area contributed by atoms with Crippen molar-refractivity contribution in [2.75, 3.05) is 19.8 Å². The van der Waals surface area contributed by atoms with Gasteiger partial charge in [0.2, 0.25) is 10.0 Å². The zero-order valence-electron chi connectivity index (χ0n) is 19.9. The van der Waals surface area contributed by atoms with Crippen molar-refractivity contribution >= 4 is 15.9 Å². The zero-order valence-corrected chi connectivity index (χ0v) is 20.7. The SMILES string of the molecule is CCOc1ccc(C(=O)n2nc(C)c(S(=O)(=O)N3CCc4ccccc4C3)c2C)cc1OCC. The minimum absolute atomic E-state index is 0.0798. The van der Waals surface area contributed by atoms with Gasteiger partial charge in [0.1, 0.15) is 4.90 Å². The van der Waals surface area contributed by atoms with E-state index in [0.717, 1.165) is 15.8 Å². The Kier molecular flexibility index (Phi) is 6.77. The van der Waals surface area contributed by atoms with E-state index in [4.69, 9.17) is 9.47 Å². The molecule has 2 heterocycles. The van der Waals surface area contributed by atoms with E-state index < -0.39 is 15.9 Å². The van der Waals surface area contributed by atoms with Crippen LogP contribution >= 0.6 is 0 Å². The Balaban J connectivity index is 1.68. The molecule has 0 saturated carbocycles. The number of sulfonamides is 1. The van der Waals surface area contributed by atoms with Crippen LogP contribution in [0.2, 0.25) is 0 Å². The van der Waals surface area contributed by atoms with Crippen molar-refractivity contribution in [1.29, 1.82) is 0 Å². The lowest BCUT2D eigenvalue weighted by atomic mass is 10.0. The van der Waals surface area contributed by atoms with Crippen LogP contribution in [0.5, 0.6) is 11.5 Å². The van der Waals surface area contributed by atoms with Gasteiger partial charge in [-0.1, -0.05) is 24.3 Å². The first-order chi connectivity index (χ1) is 16.3. The molecule has 1 aliphatic rings. The van der Waals surface area contributed by atoms with Gasteiger partial charge in [0, 0.05) is 18.7 Å². The monoisotopic (exact) mass is 483 g/mol. The summed E-state index contributed by atoms with van der Waals surface area (Å²) in [5, 5.41) is 4.32. The molecule has 2 aromatic carbocycles. The zero-order chi connectivity index (χ0) is 24.5. The Morgan fingerprint density at radius 1 is 1.00 bits per heavy atom. The Morgan fingerprint density at radius 3 is 2.38 bits per heavy atom. The summed E-state index contributed by atoms with van der Waals surface area (Å²) in [6.45, 7) is 8.51. The molecular weight excluding hydrogens is 454 g/mol. The van der Waals surface area contributed by atoms with Crippen molar-refractivity contribution in [3.8, 4) is 11.5 Å². The normalized spacial score (nSPS) is 14.0. The second kappa shape index (κ2) is 9.60. The first-order valence-electron chi connectivity index (χ1n) is 11.3. The standard InChI is InChI=1S/C25H29N3O5S/c1-5-32-22-12-11-20(15-23(22)33-6-2)25(29)28-18(4)24(17(3)26-28)34(30,31)27-14-13-19-9-7-8-10-21(19)16-27/h7-12,15H,5-6,13-14,16H2,1-4H3. The molecule has 4 rings (SSSR count). The summed E-state index contributed by atoms with van der Waals surface area (Å²) < 4.78 is 41.0. The number of carbonyl (C=O) groups excluding carboxylic acids is 1. The minimum atomic E-state index is -3.84.